The zero-order valence-corrected chi connectivity index (χ0v) is 6.63. The van der Waals surface area contributed by atoms with Gasteiger partial charge in [-0.25, -0.2) is 4.39 Å². The minimum atomic E-state index is -0.518. The van der Waals surface area contributed by atoms with E-state index < -0.39 is 6.92 Å². The molecular weight excluding hydrogens is 142 g/mol. The summed E-state index contributed by atoms with van der Waals surface area (Å²) in [6.45, 7) is 2.93. The molecule has 0 atom stereocenters. The van der Waals surface area contributed by atoms with E-state index in [9.17, 15) is 9.41 Å². The fraction of sp³-hybridized carbons (Fsp3) is 0.250. The molecule has 0 bridgehead atoms. The lowest BCUT2D eigenvalue weighted by molar-refractivity contribution is 0.593. The van der Waals surface area contributed by atoms with Crippen molar-refractivity contribution in [2.24, 2.45) is 0 Å². The summed E-state index contributed by atoms with van der Waals surface area (Å²) >= 11 is 0. The molecule has 3 heteroatoms. The quantitative estimate of drug-likeness (QED) is 0.594. The van der Waals surface area contributed by atoms with Crippen molar-refractivity contribution >= 4 is 12.4 Å². The highest BCUT2D eigenvalue weighted by Crippen LogP contribution is 2.00. The third kappa shape index (κ3) is 1.81. The number of hydrogen-bond donors (Lipinski definition) is 1. The van der Waals surface area contributed by atoms with Crippen LogP contribution in [-0.4, -0.2) is 11.9 Å². The minimum Gasteiger partial charge on any atom is -0.446 e. The highest BCUT2D eigenvalue weighted by Gasteiger charge is 2.09. The van der Waals surface area contributed by atoms with Crippen molar-refractivity contribution in [1.82, 2.24) is 0 Å². The van der Waals surface area contributed by atoms with Crippen molar-refractivity contribution in [2.45, 2.75) is 13.7 Å². The van der Waals surface area contributed by atoms with Crippen LogP contribution in [0.2, 0.25) is 6.82 Å². The third-order valence-electron chi connectivity index (χ3n) is 1.68. The van der Waals surface area contributed by atoms with E-state index in [2.05, 4.69) is 0 Å². The molecule has 0 aliphatic rings. The molecule has 0 radical (unpaired) electrons. The molecule has 0 unspecified atom stereocenters. The van der Waals surface area contributed by atoms with Gasteiger partial charge in [-0.3, -0.25) is 0 Å². The van der Waals surface area contributed by atoms with Crippen LogP contribution in [0.25, 0.3) is 0 Å². The molecule has 0 aromatic heterocycles. The van der Waals surface area contributed by atoms with Crippen LogP contribution in [0.5, 0.6) is 0 Å². The number of benzene rings is 1. The predicted octanol–water partition coefficient (Wildman–Crippen LogP) is 0.955. The van der Waals surface area contributed by atoms with Crippen LogP contribution in [0, 0.1) is 12.7 Å². The lowest BCUT2D eigenvalue weighted by atomic mass is 9.63. The summed E-state index contributed by atoms with van der Waals surface area (Å²) in [6, 6.07) is 4.38. The first-order valence-electron chi connectivity index (χ1n) is 3.55. The van der Waals surface area contributed by atoms with Crippen LogP contribution >= 0.6 is 0 Å². The molecular formula is C8H10BFO. The Morgan fingerprint density at radius 1 is 1.45 bits per heavy atom. The maximum Gasteiger partial charge on any atom is 0.320 e. The highest BCUT2D eigenvalue weighted by atomic mass is 19.1. The van der Waals surface area contributed by atoms with Gasteiger partial charge >= 0.3 is 6.92 Å². The Bertz CT molecular complexity index is 260. The van der Waals surface area contributed by atoms with Crippen LogP contribution in [0.15, 0.2) is 18.2 Å². The summed E-state index contributed by atoms with van der Waals surface area (Å²) in [4.78, 5) is 0. The smallest absolute Gasteiger partial charge is 0.320 e. The Kier molecular flexibility index (Phi) is 2.30. The lowest BCUT2D eigenvalue weighted by Gasteiger charge is -2.04. The van der Waals surface area contributed by atoms with Crippen molar-refractivity contribution in [3.8, 4) is 0 Å². The second-order valence-electron chi connectivity index (χ2n) is 2.68. The molecule has 1 nitrogen and oxygen atoms in total. The van der Waals surface area contributed by atoms with Gasteiger partial charge in [0.1, 0.15) is 5.82 Å². The number of halogens is 1. The van der Waals surface area contributed by atoms with E-state index in [4.69, 9.17) is 0 Å². The van der Waals surface area contributed by atoms with Crippen molar-refractivity contribution in [3.05, 3.63) is 29.6 Å². The summed E-state index contributed by atoms with van der Waals surface area (Å²) in [5.74, 6) is -0.257. The summed E-state index contributed by atoms with van der Waals surface area (Å²) in [6.07, 6.45) is 0. The van der Waals surface area contributed by atoms with E-state index in [1.165, 1.54) is 12.1 Å². The molecule has 1 rings (SSSR count). The van der Waals surface area contributed by atoms with E-state index >= 15 is 0 Å². The van der Waals surface area contributed by atoms with Crippen molar-refractivity contribution < 1.29 is 9.41 Å². The zero-order valence-electron chi connectivity index (χ0n) is 6.63. The van der Waals surface area contributed by atoms with Crippen molar-refractivity contribution in [1.29, 1.82) is 0 Å². The summed E-state index contributed by atoms with van der Waals surface area (Å²) < 4.78 is 12.5. The van der Waals surface area contributed by atoms with Gasteiger partial charge < -0.3 is 5.02 Å². The molecule has 0 fully saturated rings. The Balaban J connectivity index is 3.09. The van der Waals surface area contributed by atoms with Gasteiger partial charge in [-0.05, 0) is 24.5 Å². The third-order valence-corrected chi connectivity index (χ3v) is 1.68. The van der Waals surface area contributed by atoms with E-state index in [-0.39, 0.29) is 5.82 Å². The summed E-state index contributed by atoms with van der Waals surface area (Å²) in [7, 11) is 0. The van der Waals surface area contributed by atoms with Gasteiger partial charge in [0, 0.05) is 0 Å². The molecule has 1 aromatic carbocycles. The molecule has 0 spiro atoms. The first-order valence-corrected chi connectivity index (χ1v) is 3.55. The number of rotatable bonds is 1. The molecule has 1 N–H and O–H groups in total. The fourth-order valence-corrected chi connectivity index (χ4v) is 1.11. The highest BCUT2D eigenvalue weighted by molar-refractivity contribution is 6.65. The molecule has 0 saturated carbocycles. The molecule has 0 amide bonds. The maximum absolute atomic E-state index is 12.5. The van der Waals surface area contributed by atoms with Crippen LogP contribution in [0.3, 0.4) is 0 Å². The normalized spacial score (nSPS) is 9.82. The summed E-state index contributed by atoms with van der Waals surface area (Å²) in [5.41, 5.74) is 1.58. The van der Waals surface area contributed by atoms with Gasteiger partial charge in [0.15, 0.2) is 0 Å². The Morgan fingerprint density at radius 2 is 2.09 bits per heavy atom. The van der Waals surface area contributed by atoms with Gasteiger partial charge in [-0.2, -0.15) is 0 Å². The zero-order chi connectivity index (χ0) is 8.43. The molecule has 58 valence electrons. The van der Waals surface area contributed by atoms with E-state index in [1.54, 1.807) is 19.8 Å². The van der Waals surface area contributed by atoms with Gasteiger partial charge in [-0.1, -0.05) is 18.5 Å². The van der Waals surface area contributed by atoms with Crippen LogP contribution < -0.4 is 5.46 Å². The van der Waals surface area contributed by atoms with E-state index in [0.717, 1.165) is 11.0 Å². The number of aryl methyl sites for hydroxylation is 1. The van der Waals surface area contributed by atoms with Gasteiger partial charge in [0.2, 0.25) is 0 Å². The first-order chi connectivity index (χ1) is 5.11. The van der Waals surface area contributed by atoms with Gasteiger partial charge in [0.05, 0.1) is 0 Å². The minimum absolute atomic E-state index is 0.257. The van der Waals surface area contributed by atoms with Crippen molar-refractivity contribution in [3.63, 3.8) is 0 Å². The molecule has 0 aliphatic carbocycles. The Hall–Kier alpha value is -0.825. The molecule has 0 heterocycles. The SMILES string of the molecule is CB(O)c1ccc(F)cc1C. The van der Waals surface area contributed by atoms with Crippen LogP contribution in [-0.2, 0) is 0 Å². The second kappa shape index (κ2) is 3.05. The average molecular weight is 152 g/mol. The molecule has 11 heavy (non-hydrogen) atoms. The molecule has 1 aromatic rings. The summed E-state index contributed by atoms with van der Waals surface area (Å²) in [5, 5.41) is 9.17. The number of hydrogen-bond acceptors (Lipinski definition) is 1. The van der Waals surface area contributed by atoms with E-state index in [1.807, 2.05) is 0 Å². The fourth-order valence-electron chi connectivity index (χ4n) is 1.11. The maximum atomic E-state index is 12.5. The topological polar surface area (TPSA) is 20.2 Å². The molecule has 0 aliphatic heterocycles. The largest absolute Gasteiger partial charge is 0.446 e. The second-order valence-corrected chi connectivity index (χ2v) is 2.68. The standard InChI is InChI=1S/C8H10BFO/c1-6-5-7(10)3-4-8(6)9(2)11/h3-5,11H,1-2H3. The first kappa shape index (κ1) is 8.27. The van der Waals surface area contributed by atoms with E-state index in [0.29, 0.717) is 0 Å². The van der Waals surface area contributed by atoms with Crippen LogP contribution in [0.4, 0.5) is 4.39 Å². The van der Waals surface area contributed by atoms with Gasteiger partial charge in [0.25, 0.3) is 0 Å². The monoisotopic (exact) mass is 152 g/mol. The molecule has 0 saturated heterocycles. The van der Waals surface area contributed by atoms with Crippen LogP contribution in [0.1, 0.15) is 5.56 Å². The average Bonchev–Trinajstić information content (AvgIpc) is 1.85. The Labute approximate surface area is 66.0 Å². The van der Waals surface area contributed by atoms with Gasteiger partial charge in [-0.15, -0.1) is 0 Å². The predicted molar refractivity (Wildman–Crippen MR) is 44.6 cm³/mol. The lowest BCUT2D eigenvalue weighted by Crippen LogP contribution is -2.28. The van der Waals surface area contributed by atoms with Crippen molar-refractivity contribution in [2.75, 3.05) is 0 Å². The Morgan fingerprint density at radius 3 is 2.55 bits per heavy atom.